The van der Waals surface area contributed by atoms with Crippen molar-refractivity contribution in [3.63, 3.8) is 0 Å². The molecule has 0 heterocycles. The van der Waals surface area contributed by atoms with Crippen LogP contribution in [0.4, 0.5) is 14.5 Å². The third kappa shape index (κ3) is 5.00. The van der Waals surface area contributed by atoms with Gasteiger partial charge in [0.25, 0.3) is 6.43 Å². The number of hydrogen-bond acceptors (Lipinski definition) is 3. The molecule has 114 valence electrons. The smallest absolute Gasteiger partial charge is 0.255 e. The first-order valence-corrected chi connectivity index (χ1v) is 7.45. The maximum Gasteiger partial charge on any atom is 0.255 e. The molecule has 0 aromatic heterocycles. The summed E-state index contributed by atoms with van der Waals surface area (Å²) in [4.78, 5) is 1.48. The van der Waals surface area contributed by atoms with E-state index >= 15 is 0 Å². The number of alkyl halides is 2. The number of nitrogens with one attached hydrogen (secondary N) is 1. The van der Waals surface area contributed by atoms with Crippen molar-refractivity contribution in [2.75, 3.05) is 31.1 Å². The number of hydrogen-bond donors (Lipinski definition) is 2. The highest BCUT2D eigenvalue weighted by Gasteiger charge is 2.16. The number of benzene rings is 1. The summed E-state index contributed by atoms with van der Waals surface area (Å²) in [6, 6.07) is 5.86. The molecule has 20 heavy (non-hydrogen) atoms. The highest BCUT2D eigenvalue weighted by Crippen LogP contribution is 2.29. The molecule has 0 saturated heterocycles. The van der Waals surface area contributed by atoms with Crippen molar-refractivity contribution in [2.24, 2.45) is 0 Å². The molecule has 3 nitrogen and oxygen atoms in total. The third-order valence-corrected chi connectivity index (χ3v) is 3.69. The molecule has 0 fully saturated rings. The second-order valence-electron chi connectivity index (χ2n) is 4.55. The van der Waals surface area contributed by atoms with Gasteiger partial charge in [0, 0.05) is 17.1 Å². The van der Waals surface area contributed by atoms with Crippen molar-refractivity contribution in [3.8, 4) is 0 Å². The third-order valence-electron chi connectivity index (χ3n) is 3.05. The van der Waals surface area contributed by atoms with Gasteiger partial charge in [-0.15, -0.1) is 0 Å². The predicted octanol–water partition coefficient (Wildman–Crippen LogP) is 3.18. The number of anilines is 1. The van der Waals surface area contributed by atoms with E-state index in [1.54, 1.807) is 0 Å². The van der Waals surface area contributed by atoms with E-state index < -0.39 is 6.43 Å². The van der Waals surface area contributed by atoms with Crippen molar-refractivity contribution >= 4 is 21.6 Å². The van der Waals surface area contributed by atoms with E-state index in [9.17, 15) is 8.78 Å². The first-order chi connectivity index (χ1) is 9.49. The number of aliphatic hydroxyl groups is 1. The zero-order valence-electron chi connectivity index (χ0n) is 11.7. The average molecular weight is 351 g/mol. The number of halogens is 3. The first-order valence-electron chi connectivity index (χ1n) is 6.66. The van der Waals surface area contributed by atoms with Crippen LogP contribution in [0, 0.1) is 0 Å². The van der Waals surface area contributed by atoms with E-state index in [0.717, 1.165) is 16.6 Å². The summed E-state index contributed by atoms with van der Waals surface area (Å²) in [5.74, 6) is 0. The minimum Gasteiger partial charge on any atom is -0.395 e. The molecular weight excluding hydrogens is 330 g/mol. The molecule has 1 unspecified atom stereocenters. The largest absolute Gasteiger partial charge is 0.395 e. The Kier molecular flexibility index (Phi) is 7.40. The summed E-state index contributed by atoms with van der Waals surface area (Å²) >= 11 is 3.43. The van der Waals surface area contributed by atoms with Gasteiger partial charge in [0.2, 0.25) is 0 Å². The van der Waals surface area contributed by atoms with Crippen molar-refractivity contribution in [3.05, 3.63) is 28.2 Å². The Morgan fingerprint density at radius 2 is 2.10 bits per heavy atom. The van der Waals surface area contributed by atoms with Gasteiger partial charge < -0.3 is 15.3 Å². The first kappa shape index (κ1) is 17.3. The van der Waals surface area contributed by atoms with Crippen LogP contribution in [0.5, 0.6) is 0 Å². The molecule has 0 aliphatic heterocycles. The number of aliphatic hydroxyl groups excluding tert-OH is 1. The minimum atomic E-state index is -2.44. The topological polar surface area (TPSA) is 35.5 Å². The number of rotatable bonds is 8. The zero-order valence-corrected chi connectivity index (χ0v) is 13.3. The summed E-state index contributed by atoms with van der Waals surface area (Å²) in [5.41, 5.74) is 1.76. The Morgan fingerprint density at radius 1 is 1.40 bits per heavy atom. The molecule has 0 bridgehead atoms. The molecule has 1 rings (SSSR count). The lowest BCUT2D eigenvalue weighted by molar-refractivity contribution is 0.152. The van der Waals surface area contributed by atoms with Gasteiger partial charge in [-0.05, 0) is 47.1 Å². The van der Waals surface area contributed by atoms with Gasteiger partial charge in [0.1, 0.15) is 0 Å². The van der Waals surface area contributed by atoms with E-state index in [-0.39, 0.29) is 25.7 Å². The van der Waals surface area contributed by atoms with Crippen molar-refractivity contribution in [2.45, 2.75) is 26.3 Å². The molecule has 0 saturated carbocycles. The van der Waals surface area contributed by atoms with Crippen LogP contribution in [0.15, 0.2) is 22.7 Å². The fourth-order valence-corrected chi connectivity index (χ4v) is 2.72. The Morgan fingerprint density at radius 3 is 2.60 bits per heavy atom. The van der Waals surface area contributed by atoms with Crippen LogP contribution in [0.2, 0.25) is 0 Å². The second-order valence-corrected chi connectivity index (χ2v) is 5.41. The van der Waals surface area contributed by atoms with Crippen LogP contribution in [0.25, 0.3) is 0 Å². The molecule has 2 N–H and O–H groups in total. The van der Waals surface area contributed by atoms with Gasteiger partial charge in [-0.1, -0.05) is 13.0 Å². The highest BCUT2D eigenvalue weighted by molar-refractivity contribution is 9.10. The molecular formula is C14H21BrF2N2O. The molecule has 1 aromatic rings. The lowest BCUT2D eigenvalue weighted by atomic mass is 10.1. The van der Waals surface area contributed by atoms with E-state index in [0.29, 0.717) is 5.69 Å². The lowest BCUT2D eigenvalue weighted by Crippen LogP contribution is -2.31. The van der Waals surface area contributed by atoms with E-state index in [4.69, 9.17) is 5.11 Å². The Balaban J connectivity index is 2.94. The predicted molar refractivity (Wildman–Crippen MR) is 81.5 cm³/mol. The fourth-order valence-electron chi connectivity index (χ4n) is 2.07. The zero-order chi connectivity index (χ0) is 15.1. The average Bonchev–Trinajstić information content (AvgIpc) is 2.38. The van der Waals surface area contributed by atoms with E-state index in [1.165, 1.54) is 4.90 Å². The Labute approximate surface area is 127 Å². The second kappa shape index (κ2) is 8.54. The molecule has 1 atom stereocenters. The fraction of sp³-hybridized carbons (Fsp3) is 0.571. The summed E-state index contributed by atoms with van der Waals surface area (Å²) in [7, 11) is 0. The monoisotopic (exact) mass is 350 g/mol. The lowest BCUT2D eigenvalue weighted by Gasteiger charge is -2.25. The van der Waals surface area contributed by atoms with Crippen LogP contribution < -0.4 is 10.2 Å². The summed E-state index contributed by atoms with van der Waals surface area (Å²) in [6.45, 7) is 4.59. The molecule has 1 aromatic carbocycles. The molecule has 0 spiro atoms. The van der Waals surface area contributed by atoms with Gasteiger partial charge in [0.15, 0.2) is 0 Å². The van der Waals surface area contributed by atoms with Gasteiger partial charge in [-0.2, -0.15) is 0 Å². The van der Waals surface area contributed by atoms with Crippen LogP contribution in [-0.4, -0.2) is 37.8 Å². The summed E-state index contributed by atoms with van der Waals surface area (Å²) in [5, 5.41) is 12.3. The van der Waals surface area contributed by atoms with Crippen LogP contribution in [0.3, 0.4) is 0 Å². The SMILES string of the molecule is CCNC(C)c1ccc(N(CCO)CC(F)F)c(Br)c1. The number of nitrogens with zero attached hydrogens (tertiary/aromatic N) is 1. The van der Waals surface area contributed by atoms with Gasteiger partial charge in [-0.25, -0.2) is 8.78 Å². The standard InChI is InChI=1S/C14H21BrF2N2O/c1-3-18-10(2)11-4-5-13(12(15)8-11)19(6-7-20)9-14(16)17/h4-5,8,10,14,18,20H,3,6-7,9H2,1-2H3. The molecule has 0 amide bonds. The maximum absolute atomic E-state index is 12.6. The van der Waals surface area contributed by atoms with Gasteiger partial charge >= 0.3 is 0 Å². The molecule has 6 heteroatoms. The van der Waals surface area contributed by atoms with Crippen LogP contribution >= 0.6 is 15.9 Å². The summed E-state index contributed by atoms with van der Waals surface area (Å²) < 4.78 is 25.9. The van der Waals surface area contributed by atoms with E-state index in [2.05, 4.69) is 28.2 Å². The van der Waals surface area contributed by atoms with Crippen LogP contribution in [0.1, 0.15) is 25.5 Å². The quantitative estimate of drug-likeness (QED) is 0.755. The Bertz CT molecular complexity index is 418. The Hall–Kier alpha value is -0.720. The van der Waals surface area contributed by atoms with E-state index in [1.807, 2.05) is 25.1 Å². The summed E-state index contributed by atoms with van der Waals surface area (Å²) in [6.07, 6.45) is -2.44. The minimum absolute atomic E-state index is 0.158. The van der Waals surface area contributed by atoms with Crippen molar-refractivity contribution in [1.29, 1.82) is 0 Å². The normalized spacial score (nSPS) is 12.8. The van der Waals surface area contributed by atoms with Crippen molar-refractivity contribution in [1.82, 2.24) is 5.32 Å². The maximum atomic E-state index is 12.6. The van der Waals surface area contributed by atoms with Crippen molar-refractivity contribution < 1.29 is 13.9 Å². The molecule has 0 radical (unpaired) electrons. The highest BCUT2D eigenvalue weighted by atomic mass is 79.9. The molecule has 0 aliphatic carbocycles. The molecule has 0 aliphatic rings. The van der Waals surface area contributed by atoms with Gasteiger partial charge in [-0.3, -0.25) is 0 Å². The van der Waals surface area contributed by atoms with Crippen LogP contribution in [-0.2, 0) is 0 Å². The van der Waals surface area contributed by atoms with Gasteiger partial charge in [0.05, 0.1) is 18.8 Å².